The molecule has 0 N–H and O–H groups in total. The van der Waals surface area contributed by atoms with Crippen molar-refractivity contribution >= 4 is 12.0 Å². The maximum atomic E-state index is 13.3. The molecule has 1 aliphatic heterocycles. The fourth-order valence-electron chi connectivity index (χ4n) is 6.96. The van der Waals surface area contributed by atoms with Gasteiger partial charge in [-0.25, -0.2) is 4.79 Å². The van der Waals surface area contributed by atoms with E-state index >= 15 is 0 Å². The summed E-state index contributed by atoms with van der Waals surface area (Å²) < 4.78 is 5.73. The second-order valence-electron chi connectivity index (χ2n) is 12.3. The Balaban J connectivity index is 1.20. The fraction of sp³-hybridized carbons (Fsp3) is 0.444. The Bertz CT molecular complexity index is 1280. The first-order valence-electron chi connectivity index (χ1n) is 15.5. The van der Waals surface area contributed by atoms with E-state index in [4.69, 9.17) is 4.74 Å². The van der Waals surface area contributed by atoms with Gasteiger partial charge in [-0.2, -0.15) is 0 Å². The molecule has 2 amide bonds. The average Bonchev–Trinajstić information content (AvgIpc) is 3.45. The molecular formula is C36H45N3O3. The van der Waals surface area contributed by atoms with Crippen LogP contribution < -0.4 is 0 Å². The minimum absolute atomic E-state index is 0.0839. The van der Waals surface area contributed by atoms with Crippen molar-refractivity contribution in [3.05, 3.63) is 108 Å². The number of piperidine rings is 1. The normalized spacial score (nSPS) is 21.3. The molecule has 0 spiro atoms. The largest absolute Gasteiger partial charge is 0.445 e. The van der Waals surface area contributed by atoms with Gasteiger partial charge in [0.15, 0.2) is 0 Å². The molecule has 0 bridgehead atoms. The van der Waals surface area contributed by atoms with Crippen molar-refractivity contribution in [2.45, 2.75) is 70.2 Å². The van der Waals surface area contributed by atoms with Gasteiger partial charge in [0.25, 0.3) is 5.91 Å². The number of amides is 2. The summed E-state index contributed by atoms with van der Waals surface area (Å²) in [6.45, 7) is 7.38. The zero-order valence-corrected chi connectivity index (χ0v) is 25.3. The highest BCUT2D eigenvalue weighted by Gasteiger charge is 2.40. The van der Waals surface area contributed by atoms with Crippen molar-refractivity contribution in [1.29, 1.82) is 0 Å². The van der Waals surface area contributed by atoms with Crippen LogP contribution in [0.3, 0.4) is 0 Å². The van der Waals surface area contributed by atoms with Gasteiger partial charge in [0.1, 0.15) is 6.61 Å². The summed E-state index contributed by atoms with van der Waals surface area (Å²) in [5, 5.41) is 0. The van der Waals surface area contributed by atoms with Crippen LogP contribution in [-0.2, 0) is 11.3 Å². The third-order valence-corrected chi connectivity index (χ3v) is 9.20. The lowest BCUT2D eigenvalue weighted by Crippen LogP contribution is -2.51. The van der Waals surface area contributed by atoms with Gasteiger partial charge in [0.2, 0.25) is 0 Å². The summed E-state index contributed by atoms with van der Waals surface area (Å²) >= 11 is 0. The molecule has 1 aliphatic carbocycles. The standard InChI is InChI=1S/C36H45N3O3/c1-27(2)39(36(41)42-26-28-13-7-4-8-14-28)32-19-21-38(22-20-32)25-31-23-33(24-34(31)29-15-9-5-10-16-29)37(3)35(40)30-17-11-6-12-18-30/h4-18,27,31-34H,19-26H2,1-3H3/t31-,33?,34-/m1/s1. The number of hydrogen-bond donors (Lipinski definition) is 0. The molecule has 5 rings (SSSR count). The molecule has 6 heteroatoms. The molecule has 3 aromatic rings. The first-order chi connectivity index (χ1) is 20.4. The van der Waals surface area contributed by atoms with Gasteiger partial charge < -0.3 is 19.4 Å². The third kappa shape index (κ3) is 7.22. The van der Waals surface area contributed by atoms with E-state index in [-0.39, 0.29) is 30.1 Å². The Morgan fingerprint density at radius 1 is 0.833 bits per heavy atom. The van der Waals surface area contributed by atoms with E-state index < -0.39 is 0 Å². The van der Waals surface area contributed by atoms with E-state index in [9.17, 15) is 9.59 Å². The maximum Gasteiger partial charge on any atom is 0.410 e. The van der Waals surface area contributed by atoms with Crippen LogP contribution in [0.25, 0.3) is 0 Å². The topological polar surface area (TPSA) is 53.1 Å². The summed E-state index contributed by atoms with van der Waals surface area (Å²) in [4.78, 5) is 32.9. The van der Waals surface area contributed by atoms with Gasteiger partial charge in [0.05, 0.1) is 0 Å². The molecule has 0 radical (unpaired) electrons. The predicted octanol–water partition coefficient (Wildman–Crippen LogP) is 6.83. The number of carbonyl (C=O) groups excluding carboxylic acids is 2. The summed E-state index contributed by atoms with van der Waals surface area (Å²) in [7, 11) is 1.97. The van der Waals surface area contributed by atoms with E-state index in [1.165, 1.54) is 5.56 Å². The number of benzene rings is 3. The first-order valence-corrected chi connectivity index (χ1v) is 15.5. The van der Waals surface area contributed by atoms with E-state index in [2.05, 4.69) is 49.1 Å². The molecule has 1 heterocycles. The SMILES string of the molecule is CC(C)N(C(=O)OCc1ccccc1)C1CCN(C[C@H]2CC(N(C)C(=O)c3ccccc3)C[C@@H]2c2ccccc2)CC1. The lowest BCUT2D eigenvalue weighted by atomic mass is 9.88. The van der Waals surface area contributed by atoms with Crippen LogP contribution in [-0.4, -0.2) is 71.5 Å². The van der Waals surface area contributed by atoms with Crippen molar-refractivity contribution in [1.82, 2.24) is 14.7 Å². The summed E-state index contributed by atoms with van der Waals surface area (Å²) in [5.74, 6) is 0.985. The number of hydrogen-bond acceptors (Lipinski definition) is 4. The number of nitrogens with zero attached hydrogens (tertiary/aromatic N) is 3. The minimum Gasteiger partial charge on any atom is -0.445 e. The molecule has 3 aromatic carbocycles. The summed E-state index contributed by atoms with van der Waals surface area (Å²) in [6.07, 6.45) is 3.64. The van der Waals surface area contributed by atoms with E-state index in [1.807, 2.05) is 77.5 Å². The Kier molecular flexibility index (Phi) is 9.96. The van der Waals surface area contributed by atoms with Crippen LogP contribution in [0.1, 0.15) is 66.9 Å². The maximum absolute atomic E-state index is 13.3. The molecule has 1 unspecified atom stereocenters. The van der Waals surface area contributed by atoms with Gasteiger partial charge >= 0.3 is 6.09 Å². The zero-order chi connectivity index (χ0) is 29.5. The van der Waals surface area contributed by atoms with Crippen molar-refractivity contribution in [3.8, 4) is 0 Å². The second-order valence-corrected chi connectivity index (χ2v) is 12.3. The van der Waals surface area contributed by atoms with Crippen LogP contribution >= 0.6 is 0 Å². The van der Waals surface area contributed by atoms with E-state index in [1.54, 1.807) is 0 Å². The molecule has 6 nitrogen and oxygen atoms in total. The van der Waals surface area contributed by atoms with Crippen LogP contribution in [0.2, 0.25) is 0 Å². The lowest BCUT2D eigenvalue weighted by molar-refractivity contribution is 0.0443. The summed E-state index contributed by atoms with van der Waals surface area (Å²) in [6, 6.07) is 30.8. The molecule has 1 saturated carbocycles. The van der Waals surface area contributed by atoms with Crippen LogP contribution in [0.15, 0.2) is 91.0 Å². The molecule has 1 saturated heterocycles. The third-order valence-electron chi connectivity index (χ3n) is 9.20. The molecule has 0 aromatic heterocycles. The van der Waals surface area contributed by atoms with Crippen molar-refractivity contribution in [3.63, 3.8) is 0 Å². The average molecular weight is 568 g/mol. The molecule has 42 heavy (non-hydrogen) atoms. The summed E-state index contributed by atoms with van der Waals surface area (Å²) in [5.41, 5.74) is 3.12. The first kappa shape index (κ1) is 29.8. The Hall–Kier alpha value is -3.64. The van der Waals surface area contributed by atoms with Crippen LogP contribution in [0, 0.1) is 5.92 Å². The van der Waals surface area contributed by atoms with Crippen molar-refractivity contribution in [2.24, 2.45) is 5.92 Å². The van der Waals surface area contributed by atoms with Gasteiger partial charge in [-0.3, -0.25) is 4.79 Å². The Morgan fingerprint density at radius 3 is 2.05 bits per heavy atom. The van der Waals surface area contributed by atoms with Gasteiger partial charge in [0, 0.05) is 50.4 Å². The number of ether oxygens (including phenoxy) is 1. The predicted molar refractivity (Wildman–Crippen MR) is 167 cm³/mol. The molecule has 2 fully saturated rings. The van der Waals surface area contributed by atoms with Crippen LogP contribution in [0.5, 0.6) is 0 Å². The lowest BCUT2D eigenvalue weighted by Gasteiger charge is -2.41. The Labute approximate surface area is 251 Å². The monoisotopic (exact) mass is 567 g/mol. The fourth-order valence-corrected chi connectivity index (χ4v) is 6.96. The van der Waals surface area contributed by atoms with Crippen molar-refractivity contribution < 1.29 is 14.3 Å². The van der Waals surface area contributed by atoms with Gasteiger partial charge in [-0.15, -0.1) is 0 Å². The van der Waals surface area contributed by atoms with Crippen molar-refractivity contribution in [2.75, 3.05) is 26.7 Å². The zero-order valence-electron chi connectivity index (χ0n) is 25.3. The molecule has 222 valence electrons. The molecular weight excluding hydrogens is 522 g/mol. The second kappa shape index (κ2) is 14.0. The van der Waals surface area contributed by atoms with Gasteiger partial charge in [-0.05, 0) is 74.6 Å². The number of rotatable bonds is 9. The highest BCUT2D eigenvalue weighted by atomic mass is 16.6. The highest BCUT2D eigenvalue weighted by molar-refractivity contribution is 5.94. The smallest absolute Gasteiger partial charge is 0.410 e. The quantitative estimate of drug-likeness (QED) is 0.284. The minimum atomic E-state index is -0.221. The highest BCUT2D eigenvalue weighted by Crippen LogP contribution is 2.42. The van der Waals surface area contributed by atoms with Gasteiger partial charge in [-0.1, -0.05) is 78.9 Å². The van der Waals surface area contributed by atoms with E-state index in [0.29, 0.717) is 18.4 Å². The molecule has 2 aliphatic rings. The number of carbonyl (C=O) groups is 2. The van der Waals surface area contributed by atoms with E-state index in [0.717, 1.165) is 56.4 Å². The molecule has 3 atom stereocenters. The Morgan fingerprint density at radius 2 is 1.43 bits per heavy atom. The van der Waals surface area contributed by atoms with Crippen LogP contribution in [0.4, 0.5) is 4.79 Å². The number of likely N-dealkylation sites (tertiary alicyclic amines) is 1.